The van der Waals surface area contributed by atoms with E-state index in [4.69, 9.17) is 16.3 Å². The molecule has 2 aromatic rings. The molecule has 1 heterocycles. The topological polar surface area (TPSA) is 105 Å². The van der Waals surface area contributed by atoms with Crippen molar-refractivity contribution in [1.82, 2.24) is 20.7 Å². The zero-order valence-electron chi connectivity index (χ0n) is 14.0. The Balaban J connectivity index is 1.92. The van der Waals surface area contributed by atoms with Crippen LogP contribution >= 0.6 is 11.6 Å². The van der Waals surface area contributed by atoms with Crippen LogP contribution in [0.25, 0.3) is 0 Å². The van der Waals surface area contributed by atoms with Gasteiger partial charge in [0.15, 0.2) is 11.0 Å². The van der Waals surface area contributed by atoms with E-state index >= 15 is 0 Å². The number of hydrazine groups is 1. The number of halogens is 1. The van der Waals surface area contributed by atoms with E-state index in [1.54, 1.807) is 0 Å². The second-order valence-electron chi connectivity index (χ2n) is 6.06. The summed E-state index contributed by atoms with van der Waals surface area (Å²) in [6.45, 7) is 5.54. The van der Waals surface area contributed by atoms with E-state index in [0.29, 0.717) is 11.3 Å². The molecule has 2 rings (SSSR count). The molecular formula is C16H18ClN5O3. The van der Waals surface area contributed by atoms with Crippen LogP contribution in [0.3, 0.4) is 0 Å². The summed E-state index contributed by atoms with van der Waals surface area (Å²) >= 11 is 5.83. The molecule has 132 valence electrons. The van der Waals surface area contributed by atoms with Crippen LogP contribution in [0, 0.1) is 0 Å². The van der Waals surface area contributed by atoms with E-state index in [2.05, 4.69) is 26.1 Å². The molecule has 9 heteroatoms. The smallest absolute Gasteiger partial charge is 0.410 e. The Morgan fingerprint density at radius 3 is 2.32 bits per heavy atom. The van der Waals surface area contributed by atoms with Crippen molar-refractivity contribution in [2.75, 3.05) is 5.43 Å². The van der Waals surface area contributed by atoms with Gasteiger partial charge in [-0.25, -0.2) is 14.8 Å². The zero-order chi connectivity index (χ0) is 18.4. The second kappa shape index (κ2) is 7.80. The number of hydrogen-bond donors (Lipinski definition) is 3. The molecule has 1 aromatic carbocycles. The highest BCUT2D eigenvalue weighted by Crippen LogP contribution is 2.15. The molecule has 0 fully saturated rings. The molecule has 0 aliphatic heterocycles. The Bertz CT molecular complexity index is 759. The van der Waals surface area contributed by atoms with E-state index in [1.165, 1.54) is 36.7 Å². The second-order valence-corrected chi connectivity index (χ2v) is 6.42. The van der Waals surface area contributed by atoms with Crippen molar-refractivity contribution < 1.29 is 14.3 Å². The summed E-state index contributed by atoms with van der Waals surface area (Å²) in [5, 5.41) is 2.81. The van der Waals surface area contributed by atoms with Gasteiger partial charge in [0.05, 0.1) is 0 Å². The van der Waals surface area contributed by atoms with Crippen LogP contribution in [-0.2, 0) is 0 Å². The van der Waals surface area contributed by atoms with Crippen LogP contribution in [-0.4, -0.2) is 27.5 Å². The highest BCUT2D eigenvalue weighted by atomic mass is 35.5. The number of benzene rings is 1. The SMILES string of the molecule is CC(C)(C)NC(=O)Oc1ccc(C(=O)NNc2nccnc2Cl)cc1. The fraction of sp³-hybridized carbons (Fsp3) is 0.250. The molecule has 0 unspecified atom stereocenters. The molecule has 0 saturated carbocycles. The lowest BCUT2D eigenvalue weighted by Gasteiger charge is -2.19. The Kier molecular flexibility index (Phi) is 5.76. The van der Waals surface area contributed by atoms with Gasteiger partial charge in [0.2, 0.25) is 0 Å². The lowest BCUT2D eigenvalue weighted by atomic mass is 10.1. The number of anilines is 1. The average Bonchev–Trinajstić information content (AvgIpc) is 2.52. The molecule has 0 radical (unpaired) electrons. The Labute approximate surface area is 149 Å². The number of aromatic nitrogens is 2. The summed E-state index contributed by atoms with van der Waals surface area (Å²) in [6.07, 6.45) is 2.31. The number of rotatable bonds is 4. The monoisotopic (exact) mass is 363 g/mol. The van der Waals surface area contributed by atoms with Crippen molar-refractivity contribution in [3.8, 4) is 5.75 Å². The number of amides is 2. The molecule has 3 N–H and O–H groups in total. The molecule has 0 saturated heterocycles. The van der Waals surface area contributed by atoms with E-state index in [1.807, 2.05) is 20.8 Å². The van der Waals surface area contributed by atoms with Gasteiger partial charge in [-0.05, 0) is 45.0 Å². The van der Waals surface area contributed by atoms with Crippen LogP contribution in [0.2, 0.25) is 5.15 Å². The molecule has 0 aliphatic carbocycles. The van der Waals surface area contributed by atoms with Crippen LogP contribution < -0.4 is 20.9 Å². The van der Waals surface area contributed by atoms with Crippen molar-refractivity contribution in [3.63, 3.8) is 0 Å². The average molecular weight is 364 g/mol. The maximum absolute atomic E-state index is 12.1. The third-order valence-electron chi connectivity index (χ3n) is 2.75. The summed E-state index contributed by atoms with van der Waals surface area (Å²) in [7, 11) is 0. The molecule has 1 aromatic heterocycles. The lowest BCUT2D eigenvalue weighted by Crippen LogP contribution is -2.42. The largest absolute Gasteiger partial charge is 0.413 e. The molecule has 2 amide bonds. The highest BCUT2D eigenvalue weighted by molar-refractivity contribution is 6.31. The van der Waals surface area contributed by atoms with E-state index in [0.717, 1.165) is 0 Å². The Morgan fingerprint density at radius 1 is 1.08 bits per heavy atom. The van der Waals surface area contributed by atoms with Crippen molar-refractivity contribution in [3.05, 3.63) is 47.4 Å². The van der Waals surface area contributed by atoms with Gasteiger partial charge >= 0.3 is 6.09 Å². The van der Waals surface area contributed by atoms with Crippen LogP contribution in [0.1, 0.15) is 31.1 Å². The first-order valence-electron chi connectivity index (χ1n) is 7.37. The number of carbonyl (C=O) groups is 2. The molecular weight excluding hydrogens is 346 g/mol. The minimum Gasteiger partial charge on any atom is -0.410 e. The van der Waals surface area contributed by atoms with Gasteiger partial charge < -0.3 is 10.1 Å². The van der Waals surface area contributed by atoms with Crippen molar-refractivity contribution in [2.24, 2.45) is 0 Å². The van der Waals surface area contributed by atoms with Crippen LogP contribution in [0.15, 0.2) is 36.7 Å². The summed E-state index contributed by atoms with van der Waals surface area (Å²) in [4.78, 5) is 31.5. The molecule has 0 spiro atoms. The maximum atomic E-state index is 12.1. The third kappa shape index (κ3) is 5.92. The van der Waals surface area contributed by atoms with Gasteiger partial charge in [0, 0.05) is 23.5 Å². The summed E-state index contributed by atoms with van der Waals surface area (Å²) < 4.78 is 5.14. The predicted molar refractivity (Wildman–Crippen MR) is 93.5 cm³/mol. The normalized spacial score (nSPS) is 10.7. The summed E-state index contributed by atoms with van der Waals surface area (Å²) in [5.41, 5.74) is 4.99. The van der Waals surface area contributed by atoms with Crippen LogP contribution in [0.5, 0.6) is 5.75 Å². The number of nitrogens with one attached hydrogen (secondary N) is 3. The van der Waals surface area contributed by atoms with E-state index in [-0.39, 0.29) is 11.0 Å². The molecule has 0 bridgehead atoms. The standard InChI is InChI=1S/C16H18ClN5O3/c1-16(2,3)20-15(24)25-11-6-4-10(5-7-11)14(23)22-21-13-12(17)18-8-9-19-13/h4-9H,1-3H3,(H,19,21)(H,20,24)(H,22,23). The lowest BCUT2D eigenvalue weighted by molar-refractivity contribution is 0.0962. The minimum atomic E-state index is -0.566. The Morgan fingerprint density at radius 2 is 1.72 bits per heavy atom. The maximum Gasteiger partial charge on any atom is 0.413 e. The first-order chi connectivity index (χ1) is 11.7. The highest BCUT2D eigenvalue weighted by Gasteiger charge is 2.15. The number of carbonyl (C=O) groups excluding carboxylic acids is 2. The minimum absolute atomic E-state index is 0.136. The number of hydrogen-bond acceptors (Lipinski definition) is 6. The molecule has 0 atom stereocenters. The van der Waals surface area contributed by atoms with Gasteiger partial charge in [-0.1, -0.05) is 11.6 Å². The van der Waals surface area contributed by atoms with Gasteiger partial charge in [-0.15, -0.1) is 0 Å². The fourth-order valence-corrected chi connectivity index (χ4v) is 1.86. The van der Waals surface area contributed by atoms with Crippen LogP contribution in [0.4, 0.5) is 10.6 Å². The number of nitrogens with zero attached hydrogens (tertiary/aromatic N) is 2. The third-order valence-corrected chi connectivity index (χ3v) is 3.03. The Hall–Kier alpha value is -2.87. The van der Waals surface area contributed by atoms with Crippen molar-refractivity contribution >= 4 is 29.4 Å². The molecule has 8 nitrogen and oxygen atoms in total. The van der Waals surface area contributed by atoms with E-state index < -0.39 is 17.5 Å². The van der Waals surface area contributed by atoms with Crippen molar-refractivity contribution in [2.45, 2.75) is 26.3 Å². The first kappa shape index (κ1) is 18.5. The quantitative estimate of drug-likeness (QED) is 0.721. The number of ether oxygens (including phenoxy) is 1. The van der Waals surface area contributed by atoms with Gasteiger partial charge in [-0.2, -0.15) is 0 Å². The van der Waals surface area contributed by atoms with E-state index in [9.17, 15) is 9.59 Å². The van der Waals surface area contributed by atoms with Gasteiger partial charge in [0.25, 0.3) is 5.91 Å². The first-order valence-corrected chi connectivity index (χ1v) is 7.75. The van der Waals surface area contributed by atoms with Gasteiger partial charge in [-0.3, -0.25) is 15.6 Å². The summed E-state index contributed by atoms with van der Waals surface area (Å²) in [6, 6.07) is 6.09. The van der Waals surface area contributed by atoms with Crippen molar-refractivity contribution in [1.29, 1.82) is 0 Å². The predicted octanol–water partition coefficient (Wildman–Crippen LogP) is 2.77. The summed E-state index contributed by atoms with van der Waals surface area (Å²) in [5.74, 6) is 0.145. The van der Waals surface area contributed by atoms with Gasteiger partial charge in [0.1, 0.15) is 5.75 Å². The molecule has 0 aliphatic rings. The molecule has 25 heavy (non-hydrogen) atoms. The zero-order valence-corrected chi connectivity index (χ0v) is 14.7. The fourth-order valence-electron chi connectivity index (χ4n) is 1.71.